The molecule has 1 aromatic carbocycles. The molecular formula is C27H24N6O3. The Bertz CT molecular complexity index is 1370. The molecule has 1 N–H and O–H groups in total. The zero-order valence-corrected chi connectivity index (χ0v) is 19.8. The first kappa shape index (κ1) is 23.2. The fraction of sp³-hybridized carbons (Fsp3) is 0.259. The minimum atomic E-state index is -0.697. The summed E-state index contributed by atoms with van der Waals surface area (Å²) in [5.74, 6) is -1.27. The minimum Gasteiger partial charge on any atom is -0.495 e. The molecule has 4 heterocycles. The van der Waals surface area contributed by atoms with Gasteiger partial charge in [0.2, 0.25) is 5.78 Å². The Labute approximate surface area is 208 Å². The lowest BCUT2D eigenvalue weighted by molar-refractivity contribution is -0.145. The molecule has 1 amide bonds. The molecule has 9 nitrogen and oxygen atoms in total. The molecule has 5 rings (SSSR count). The highest BCUT2D eigenvalue weighted by atomic mass is 16.5. The van der Waals surface area contributed by atoms with Crippen molar-refractivity contribution in [2.24, 2.45) is 0 Å². The van der Waals surface area contributed by atoms with Gasteiger partial charge in [0.1, 0.15) is 17.1 Å². The molecule has 1 fully saturated rings. The van der Waals surface area contributed by atoms with Gasteiger partial charge in [-0.1, -0.05) is 30.3 Å². The molecule has 3 aromatic rings. The van der Waals surface area contributed by atoms with Crippen molar-refractivity contribution in [1.82, 2.24) is 19.9 Å². The largest absolute Gasteiger partial charge is 0.495 e. The molecule has 0 spiro atoms. The average molecular weight is 481 g/mol. The van der Waals surface area contributed by atoms with Crippen LogP contribution in [0, 0.1) is 11.3 Å². The maximum absolute atomic E-state index is 13.4. The van der Waals surface area contributed by atoms with Gasteiger partial charge in [-0.05, 0) is 24.0 Å². The number of allylic oxidation sites excluding steroid dienone is 1. The predicted octanol–water partition coefficient (Wildman–Crippen LogP) is 3.23. The molecular weight excluding hydrogens is 456 g/mol. The lowest BCUT2D eigenvalue weighted by Crippen LogP contribution is -2.42. The number of nitriles is 1. The van der Waals surface area contributed by atoms with E-state index in [1.165, 1.54) is 7.11 Å². The Morgan fingerprint density at radius 3 is 2.56 bits per heavy atom. The van der Waals surface area contributed by atoms with Crippen LogP contribution in [-0.2, 0) is 9.59 Å². The number of hydrogen-bond acceptors (Lipinski definition) is 8. The number of anilines is 1. The van der Waals surface area contributed by atoms with Gasteiger partial charge < -0.3 is 15.0 Å². The Kier molecular flexibility index (Phi) is 6.41. The molecule has 0 saturated carbocycles. The summed E-state index contributed by atoms with van der Waals surface area (Å²) in [5.41, 5.74) is 4.89. The van der Waals surface area contributed by atoms with Crippen LogP contribution in [0.1, 0.15) is 29.9 Å². The number of likely N-dealkylation sites (tertiary alicyclic amines) is 1. The predicted molar refractivity (Wildman–Crippen MR) is 133 cm³/mol. The van der Waals surface area contributed by atoms with E-state index < -0.39 is 17.6 Å². The lowest BCUT2D eigenvalue weighted by atomic mass is 9.92. The number of benzene rings is 1. The van der Waals surface area contributed by atoms with Crippen LogP contribution in [0.5, 0.6) is 5.75 Å². The van der Waals surface area contributed by atoms with Crippen LogP contribution >= 0.6 is 0 Å². The first-order valence-corrected chi connectivity index (χ1v) is 11.7. The highest BCUT2D eigenvalue weighted by molar-refractivity contribution is 6.38. The first-order chi connectivity index (χ1) is 17.6. The second kappa shape index (κ2) is 9.96. The van der Waals surface area contributed by atoms with Gasteiger partial charge in [0, 0.05) is 37.6 Å². The van der Waals surface area contributed by atoms with Gasteiger partial charge in [0.25, 0.3) is 5.91 Å². The summed E-state index contributed by atoms with van der Waals surface area (Å²) in [4.78, 5) is 41.1. The van der Waals surface area contributed by atoms with E-state index in [1.807, 2.05) is 30.3 Å². The topological polar surface area (TPSA) is 121 Å². The van der Waals surface area contributed by atoms with E-state index in [0.717, 1.165) is 11.1 Å². The molecule has 0 aliphatic carbocycles. The van der Waals surface area contributed by atoms with Crippen molar-refractivity contribution in [3.8, 4) is 23.2 Å². The number of Topliss-reactive ketones (excluding diaryl/α,β-unsaturated/α-hetero) is 1. The van der Waals surface area contributed by atoms with E-state index in [4.69, 9.17) is 4.74 Å². The quantitative estimate of drug-likeness (QED) is 0.436. The maximum Gasteiger partial charge on any atom is 0.290 e. The number of amides is 1. The van der Waals surface area contributed by atoms with E-state index in [-0.39, 0.29) is 6.54 Å². The number of methoxy groups -OCH3 is 1. The molecule has 2 aromatic heterocycles. The summed E-state index contributed by atoms with van der Waals surface area (Å²) in [7, 11) is 1.51. The van der Waals surface area contributed by atoms with E-state index in [9.17, 15) is 14.9 Å². The second-order valence-electron chi connectivity index (χ2n) is 8.60. The summed E-state index contributed by atoms with van der Waals surface area (Å²) < 4.78 is 5.50. The minimum absolute atomic E-state index is 0.265. The Morgan fingerprint density at radius 1 is 1.11 bits per heavy atom. The molecule has 9 heteroatoms. The first-order valence-electron chi connectivity index (χ1n) is 11.7. The zero-order valence-electron chi connectivity index (χ0n) is 19.8. The molecule has 2 aliphatic heterocycles. The number of ether oxygens (including phenoxy) is 1. The number of nitrogens with zero attached hydrogens (tertiary/aromatic N) is 5. The third kappa shape index (κ3) is 4.18. The monoisotopic (exact) mass is 480 g/mol. The molecule has 180 valence electrons. The highest BCUT2D eigenvalue weighted by Gasteiger charge is 2.39. The van der Waals surface area contributed by atoms with Gasteiger partial charge in [0.05, 0.1) is 42.8 Å². The SMILES string of the molecule is COc1cnc(-c2cnccn2)c2c1C(C(=O)C(=O)N1CCC(=C(C#N)c3ccccc3)CC1)CN2. The van der Waals surface area contributed by atoms with Gasteiger partial charge in [0.15, 0.2) is 0 Å². The molecule has 0 bridgehead atoms. The Morgan fingerprint density at radius 2 is 1.89 bits per heavy atom. The second-order valence-corrected chi connectivity index (χ2v) is 8.60. The summed E-state index contributed by atoms with van der Waals surface area (Å²) in [6.45, 7) is 1.05. The van der Waals surface area contributed by atoms with Crippen molar-refractivity contribution in [1.29, 1.82) is 5.26 Å². The average Bonchev–Trinajstić information content (AvgIpc) is 3.39. The Balaban J connectivity index is 1.36. The van der Waals surface area contributed by atoms with Crippen molar-refractivity contribution in [3.05, 3.63) is 71.8 Å². The van der Waals surface area contributed by atoms with E-state index in [0.29, 0.717) is 59.9 Å². The molecule has 0 radical (unpaired) electrons. The zero-order chi connectivity index (χ0) is 25.1. The van der Waals surface area contributed by atoms with Crippen LogP contribution in [0.4, 0.5) is 5.69 Å². The fourth-order valence-corrected chi connectivity index (χ4v) is 4.83. The molecule has 1 atom stereocenters. The summed E-state index contributed by atoms with van der Waals surface area (Å²) in [5, 5.41) is 12.9. The Hall–Kier alpha value is -4.58. The molecule has 1 saturated heterocycles. The summed E-state index contributed by atoms with van der Waals surface area (Å²) in [6.07, 6.45) is 7.40. The molecule has 1 unspecified atom stereocenters. The van der Waals surface area contributed by atoms with Crippen LogP contribution in [0.15, 0.2) is 60.7 Å². The fourth-order valence-electron chi connectivity index (χ4n) is 4.83. The van der Waals surface area contributed by atoms with Crippen molar-refractivity contribution in [3.63, 3.8) is 0 Å². The number of hydrogen-bond donors (Lipinski definition) is 1. The third-order valence-corrected chi connectivity index (χ3v) is 6.65. The number of nitrogens with one attached hydrogen (secondary N) is 1. The van der Waals surface area contributed by atoms with Crippen molar-refractivity contribution >= 4 is 23.0 Å². The van der Waals surface area contributed by atoms with Crippen LogP contribution in [0.2, 0.25) is 0 Å². The van der Waals surface area contributed by atoms with Crippen LogP contribution < -0.4 is 10.1 Å². The number of carbonyl (C=O) groups excluding carboxylic acids is 2. The number of carbonyl (C=O) groups is 2. The normalized spacial score (nSPS) is 16.5. The maximum atomic E-state index is 13.4. The van der Waals surface area contributed by atoms with Crippen molar-refractivity contribution in [2.75, 3.05) is 32.1 Å². The van der Waals surface area contributed by atoms with Gasteiger partial charge in [-0.25, -0.2) is 4.98 Å². The number of pyridine rings is 1. The third-order valence-electron chi connectivity index (χ3n) is 6.65. The standard InChI is InChI=1S/C27H24N6O3/c1-36-22-16-32-24(21-15-29-9-10-30-21)25-23(22)20(14-31-25)26(34)27(35)33-11-7-18(8-12-33)19(13-28)17-5-3-2-4-6-17/h2-6,9-10,15-16,20,31H,7-8,11-12,14H2,1H3. The van der Waals surface area contributed by atoms with Crippen molar-refractivity contribution < 1.29 is 14.3 Å². The van der Waals surface area contributed by atoms with Crippen LogP contribution in [0.3, 0.4) is 0 Å². The number of aromatic nitrogens is 3. The number of fused-ring (bicyclic) bond motifs is 1. The van der Waals surface area contributed by atoms with Crippen LogP contribution in [0.25, 0.3) is 17.0 Å². The summed E-state index contributed by atoms with van der Waals surface area (Å²) in [6, 6.07) is 11.8. The number of ketones is 1. The van der Waals surface area contributed by atoms with Gasteiger partial charge >= 0.3 is 0 Å². The molecule has 36 heavy (non-hydrogen) atoms. The molecule has 2 aliphatic rings. The van der Waals surface area contributed by atoms with Crippen molar-refractivity contribution in [2.45, 2.75) is 18.8 Å². The number of piperidine rings is 1. The highest BCUT2D eigenvalue weighted by Crippen LogP contribution is 2.43. The van der Waals surface area contributed by atoms with Gasteiger partial charge in [-0.15, -0.1) is 0 Å². The smallest absolute Gasteiger partial charge is 0.290 e. The van der Waals surface area contributed by atoms with Gasteiger partial charge in [-0.3, -0.25) is 19.6 Å². The lowest BCUT2D eigenvalue weighted by Gasteiger charge is -2.29. The number of rotatable bonds is 5. The van der Waals surface area contributed by atoms with Gasteiger partial charge in [-0.2, -0.15) is 5.26 Å². The van der Waals surface area contributed by atoms with E-state index in [2.05, 4.69) is 26.3 Å². The summed E-state index contributed by atoms with van der Waals surface area (Å²) >= 11 is 0. The van der Waals surface area contributed by atoms with E-state index in [1.54, 1.807) is 29.7 Å². The van der Waals surface area contributed by atoms with Crippen LogP contribution in [-0.4, -0.2) is 58.3 Å². The van der Waals surface area contributed by atoms with E-state index >= 15 is 0 Å².